The van der Waals surface area contributed by atoms with Gasteiger partial charge in [-0.1, -0.05) is 0 Å². The molecular weight excluding hydrogens is 336 g/mol. The summed E-state index contributed by atoms with van der Waals surface area (Å²) in [6, 6.07) is 0.593. The SMILES string of the molecule is CNC1CCC(Oc2ncnc3sc4c(c23)C(CC(N)=O)CC4)CC1. The molecule has 1 unspecified atom stereocenters. The van der Waals surface area contributed by atoms with Crippen LogP contribution in [0, 0.1) is 0 Å². The van der Waals surface area contributed by atoms with Crippen LogP contribution in [0.5, 0.6) is 5.88 Å². The molecule has 4 rings (SSSR count). The number of aryl methyl sites for hydroxylation is 1. The molecule has 7 heteroatoms. The second kappa shape index (κ2) is 6.88. The van der Waals surface area contributed by atoms with Crippen LogP contribution < -0.4 is 15.8 Å². The third-order valence-electron chi connectivity index (χ3n) is 5.50. The summed E-state index contributed by atoms with van der Waals surface area (Å²) in [6.45, 7) is 0. The van der Waals surface area contributed by atoms with Gasteiger partial charge < -0.3 is 15.8 Å². The minimum Gasteiger partial charge on any atom is -0.474 e. The van der Waals surface area contributed by atoms with Crippen molar-refractivity contribution in [2.24, 2.45) is 5.73 Å². The molecule has 1 saturated carbocycles. The summed E-state index contributed by atoms with van der Waals surface area (Å²) in [5.41, 5.74) is 6.66. The van der Waals surface area contributed by atoms with E-state index in [2.05, 4.69) is 15.3 Å². The van der Waals surface area contributed by atoms with Crippen LogP contribution in [0.15, 0.2) is 6.33 Å². The number of carbonyl (C=O) groups excluding carboxylic acids is 1. The Balaban J connectivity index is 1.63. The van der Waals surface area contributed by atoms with Crippen molar-refractivity contribution in [1.82, 2.24) is 15.3 Å². The first-order valence-electron chi connectivity index (χ1n) is 9.04. The smallest absolute Gasteiger partial charge is 0.225 e. The molecule has 0 bridgehead atoms. The molecule has 3 N–H and O–H groups in total. The van der Waals surface area contributed by atoms with E-state index in [9.17, 15) is 4.79 Å². The predicted molar refractivity (Wildman–Crippen MR) is 98.0 cm³/mol. The highest BCUT2D eigenvalue weighted by atomic mass is 32.1. The van der Waals surface area contributed by atoms with Gasteiger partial charge in [-0.15, -0.1) is 11.3 Å². The maximum absolute atomic E-state index is 11.4. The van der Waals surface area contributed by atoms with E-state index in [1.165, 1.54) is 10.4 Å². The molecule has 2 aliphatic carbocycles. The maximum atomic E-state index is 11.4. The van der Waals surface area contributed by atoms with E-state index in [0.29, 0.717) is 18.3 Å². The zero-order chi connectivity index (χ0) is 17.4. The molecule has 2 aromatic rings. The van der Waals surface area contributed by atoms with Crippen LogP contribution in [0.3, 0.4) is 0 Å². The number of thiophene rings is 1. The van der Waals surface area contributed by atoms with Crippen LogP contribution in [0.25, 0.3) is 10.2 Å². The van der Waals surface area contributed by atoms with Gasteiger partial charge in [-0.3, -0.25) is 4.79 Å². The summed E-state index contributed by atoms with van der Waals surface area (Å²) in [7, 11) is 2.02. The summed E-state index contributed by atoms with van der Waals surface area (Å²) < 4.78 is 6.31. The average Bonchev–Trinajstić information content (AvgIpc) is 3.15. The number of nitrogens with two attached hydrogens (primary N) is 1. The normalized spacial score (nSPS) is 25.9. The number of hydrogen-bond acceptors (Lipinski definition) is 6. The first-order valence-corrected chi connectivity index (χ1v) is 9.85. The number of rotatable bonds is 5. The fourth-order valence-electron chi connectivity index (χ4n) is 4.20. The lowest BCUT2D eigenvalue weighted by Crippen LogP contribution is -2.34. The van der Waals surface area contributed by atoms with Gasteiger partial charge in [-0.25, -0.2) is 9.97 Å². The van der Waals surface area contributed by atoms with Gasteiger partial charge in [0.1, 0.15) is 17.3 Å². The van der Waals surface area contributed by atoms with Crippen LogP contribution in [-0.2, 0) is 11.2 Å². The fourth-order valence-corrected chi connectivity index (χ4v) is 5.44. The molecular formula is C18H24N4O2S. The van der Waals surface area contributed by atoms with Gasteiger partial charge in [-0.2, -0.15) is 0 Å². The molecule has 0 aliphatic heterocycles. The van der Waals surface area contributed by atoms with Crippen molar-refractivity contribution in [3.8, 4) is 5.88 Å². The molecule has 0 saturated heterocycles. The fraction of sp³-hybridized carbons (Fsp3) is 0.611. The average molecular weight is 360 g/mol. The quantitative estimate of drug-likeness (QED) is 0.855. The van der Waals surface area contributed by atoms with Crippen molar-refractivity contribution < 1.29 is 9.53 Å². The third kappa shape index (κ3) is 3.22. The zero-order valence-electron chi connectivity index (χ0n) is 14.5. The highest BCUT2D eigenvalue weighted by Gasteiger charge is 2.32. The Kier molecular flexibility index (Phi) is 4.60. The summed E-state index contributed by atoms with van der Waals surface area (Å²) in [5, 5.41) is 4.36. The molecule has 25 heavy (non-hydrogen) atoms. The first-order chi connectivity index (χ1) is 12.2. The van der Waals surface area contributed by atoms with Gasteiger partial charge in [0.15, 0.2) is 0 Å². The van der Waals surface area contributed by atoms with E-state index in [1.54, 1.807) is 17.7 Å². The second-order valence-corrected chi connectivity index (χ2v) is 8.17. The molecule has 6 nitrogen and oxygen atoms in total. The summed E-state index contributed by atoms with van der Waals surface area (Å²) in [4.78, 5) is 22.6. The van der Waals surface area contributed by atoms with Crippen molar-refractivity contribution in [2.45, 2.75) is 63.0 Å². The molecule has 2 aliphatic rings. The van der Waals surface area contributed by atoms with Crippen LogP contribution in [0.4, 0.5) is 0 Å². The standard InChI is InChI=1S/C18H24N4O2S/c1-20-11-3-5-12(6-4-11)24-17-16-15-10(8-14(19)23)2-7-13(15)25-18(16)22-9-21-17/h9-12,20H,2-8H2,1H3,(H2,19,23). The third-order valence-corrected chi connectivity index (χ3v) is 6.68. The summed E-state index contributed by atoms with van der Waals surface area (Å²) >= 11 is 1.70. The summed E-state index contributed by atoms with van der Waals surface area (Å²) in [6.07, 6.45) is 8.47. The molecule has 134 valence electrons. The number of nitrogens with zero attached hydrogens (tertiary/aromatic N) is 2. The monoisotopic (exact) mass is 360 g/mol. The van der Waals surface area contributed by atoms with E-state index < -0.39 is 0 Å². The molecule has 0 radical (unpaired) electrons. The maximum Gasteiger partial charge on any atom is 0.225 e. The van der Waals surface area contributed by atoms with Gasteiger partial charge in [0.05, 0.1) is 5.39 Å². The van der Waals surface area contributed by atoms with Crippen LogP contribution in [-0.4, -0.2) is 35.1 Å². The zero-order valence-corrected chi connectivity index (χ0v) is 15.3. The number of hydrogen-bond donors (Lipinski definition) is 2. The Morgan fingerprint density at radius 1 is 1.32 bits per heavy atom. The van der Waals surface area contributed by atoms with Crippen molar-refractivity contribution in [2.75, 3.05) is 7.05 Å². The summed E-state index contributed by atoms with van der Waals surface area (Å²) in [5.74, 6) is 0.614. The van der Waals surface area contributed by atoms with Crippen LogP contribution >= 0.6 is 11.3 Å². The Hall–Kier alpha value is -1.73. The lowest BCUT2D eigenvalue weighted by Gasteiger charge is -2.28. The largest absolute Gasteiger partial charge is 0.474 e. The van der Waals surface area contributed by atoms with E-state index in [4.69, 9.17) is 10.5 Å². The minimum absolute atomic E-state index is 0.176. The topological polar surface area (TPSA) is 90.1 Å². The van der Waals surface area contributed by atoms with Crippen molar-refractivity contribution in [3.05, 3.63) is 16.8 Å². The van der Waals surface area contributed by atoms with Crippen molar-refractivity contribution >= 4 is 27.5 Å². The highest BCUT2D eigenvalue weighted by molar-refractivity contribution is 7.19. The number of carbonyl (C=O) groups is 1. The predicted octanol–water partition coefficient (Wildman–Crippen LogP) is 2.51. The molecule has 2 aromatic heterocycles. The number of fused-ring (bicyclic) bond motifs is 3. The number of nitrogens with one attached hydrogen (secondary N) is 1. The molecule has 0 spiro atoms. The Morgan fingerprint density at radius 3 is 2.84 bits per heavy atom. The molecule has 0 aromatic carbocycles. The van der Waals surface area contributed by atoms with E-state index in [0.717, 1.165) is 48.7 Å². The van der Waals surface area contributed by atoms with Gasteiger partial charge in [-0.05, 0) is 57.1 Å². The Morgan fingerprint density at radius 2 is 2.12 bits per heavy atom. The lowest BCUT2D eigenvalue weighted by atomic mass is 9.93. The Bertz CT molecular complexity index is 783. The molecule has 1 atom stereocenters. The first kappa shape index (κ1) is 16.7. The lowest BCUT2D eigenvalue weighted by molar-refractivity contribution is -0.118. The van der Waals surface area contributed by atoms with Gasteiger partial charge in [0.25, 0.3) is 0 Å². The van der Waals surface area contributed by atoms with Crippen LogP contribution in [0.1, 0.15) is 54.9 Å². The van der Waals surface area contributed by atoms with E-state index >= 15 is 0 Å². The Labute approximate surface area is 151 Å². The van der Waals surface area contributed by atoms with Gasteiger partial charge in [0, 0.05) is 17.3 Å². The number of primary amides is 1. The van der Waals surface area contributed by atoms with Crippen molar-refractivity contribution in [1.29, 1.82) is 0 Å². The van der Waals surface area contributed by atoms with Gasteiger partial charge in [0.2, 0.25) is 11.8 Å². The van der Waals surface area contributed by atoms with Gasteiger partial charge >= 0.3 is 0 Å². The number of amides is 1. The minimum atomic E-state index is -0.248. The molecule has 1 amide bonds. The number of ether oxygens (including phenoxy) is 1. The van der Waals surface area contributed by atoms with E-state index in [1.807, 2.05) is 7.05 Å². The van der Waals surface area contributed by atoms with Crippen LogP contribution in [0.2, 0.25) is 0 Å². The second-order valence-electron chi connectivity index (χ2n) is 7.08. The molecule has 1 fully saturated rings. The number of aromatic nitrogens is 2. The highest BCUT2D eigenvalue weighted by Crippen LogP contribution is 2.47. The van der Waals surface area contributed by atoms with E-state index in [-0.39, 0.29) is 17.9 Å². The van der Waals surface area contributed by atoms with Crippen molar-refractivity contribution in [3.63, 3.8) is 0 Å². The molecule has 2 heterocycles.